The number of benzene rings is 3. The first-order valence-electron chi connectivity index (χ1n) is 17.7. The third-order valence-electron chi connectivity index (χ3n) is 11.7. The standard InChI is InChI=1S/C39H46BrN3O6Si/c1-25-37(50(3,4)31-16-14-30(48-2)15-17-31)34(22-36(46)42-19-5-7-29(42)24-44)49-39(25)32-21-27(40)11-18-33(32)43(38(39)47)23-26-9-12-28(13-10-26)41-20-6-8-35(41)45/h9-18,21,25,29,34,37,44H,5-8,19-20,22-24H2,1-4H3/t25-,29-,34+,37-,39+/m0/s1. The van der Waals surface area contributed by atoms with Crippen LogP contribution in [0.3, 0.4) is 0 Å². The predicted molar refractivity (Wildman–Crippen MR) is 199 cm³/mol. The van der Waals surface area contributed by atoms with Gasteiger partial charge in [-0.1, -0.05) is 65.4 Å². The molecule has 4 aliphatic rings. The molecule has 3 aromatic carbocycles. The lowest BCUT2D eigenvalue weighted by atomic mass is 9.82. The van der Waals surface area contributed by atoms with Gasteiger partial charge in [0, 0.05) is 41.2 Å². The number of methoxy groups -OCH3 is 1. The van der Waals surface area contributed by atoms with E-state index in [4.69, 9.17) is 9.47 Å². The second kappa shape index (κ2) is 13.6. The van der Waals surface area contributed by atoms with Gasteiger partial charge in [-0.3, -0.25) is 14.4 Å². The maximum absolute atomic E-state index is 15.1. The second-order valence-corrected chi connectivity index (χ2v) is 20.4. The fourth-order valence-corrected chi connectivity index (χ4v) is 13.5. The molecule has 50 heavy (non-hydrogen) atoms. The molecular formula is C39H46BrN3O6Si. The SMILES string of the molecule is COc1ccc([Si](C)(C)[C@@H]2[C@@H](CC(=O)N3CCC[C@H]3CO)O[C@]3(C(=O)N(Cc4ccc(N5CCCC5=O)cc4)c4ccc(Br)cc43)[C@H]2C)cc1. The highest BCUT2D eigenvalue weighted by Crippen LogP contribution is 2.60. The molecule has 3 fully saturated rings. The van der Waals surface area contributed by atoms with Gasteiger partial charge < -0.3 is 29.3 Å². The molecule has 0 saturated carbocycles. The van der Waals surface area contributed by atoms with Gasteiger partial charge in [0.05, 0.1) is 52.6 Å². The molecule has 0 unspecified atom stereocenters. The van der Waals surface area contributed by atoms with Crippen LogP contribution in [0.2, 0.25) is 18.6 Å². The van der Waals surface area contributed by atoms with Crippen molar-refractivity contribution >= 4 is 58.3 Å². The van der Waals surface area contributed by atoms with Crippen molar-refractivity contribution in [1.29, 1.82) is 0 Å². The van der Waals surface area contributed by atoms with Gasteiger partial charge in [-0.25, -0.2) is 0 Å². The third kappa shape index (κ3) is 5.80. The van der Waals surface area contributed by atoms with E-state index in [2.05, 4.69) is 48.1 Å². The van der Waals surface area contributed by atoms with E-state index in [1.54, 1.807) is 7.11 Å². The minimum Gasteiger partial charge on any atom is -0.497 e. The molecule has 0 aliphatic carbocycles. The molecule has 3 saturated heterocycles. The molecule has 0 aromatic heterocycles. The Labute approximate surface area is 303 Å². The summed E-state index contributed by atoms with van der Waals surface area (Å²) in [6.07, 6.45) is 2.72. The number of fused-ring (bicyclic) bond motifs is 2. The number of aliphatic hydroxyl groups is 1. The van der Waals surface area contributed by atoms with Crippen molar-refractivity contribution in [2.75, 3.05) is 36.6 Å². The first-order chi connectivity index (χ1) is 24.0. The fourth-order valence-electron chi connectivity index (χ4n) is 9.17. The second-order valence-electron chi connectivity index (χ2n) is 14.8. The zero-order valence-corrected chi connectivity index (χ0v) is 31.8. The van der Waals surface area contributed by atoms with Crippen LogP contribution >= 0.6 is 15.9 Å². The van der Waals surface area contributed by atoms with Crippen LogP contribution in [0.25, 0.3) is 0 Å². The van der Waals surface area contributed by atoms with E-state index in [9.17, 15) is 14.7 Å². The Hall–Kier alpha value is -3.51. The van der Waals surface area contributed by atoms with Crippen molar-refractivity contribution in [3.8, 4) is 5.75 Å². The Morgan fingerprint density at radius 2 is 1.78 bits per heavy atom. The van der Waals surface area contributed by atoms with Crippen LogP contribution in [0.4, 0.5) is 11.4 Å². The summed E-state index contributed by atoms with van der Waals surface area (Å²) < 4.78 is 13.5. The smallest absolute Gasteiger partial charge is 0.264 e. The number of carbonyl (C=O) groups excluding carboxylic acids is 3. The summed E-state index contributed by atoms with van der Waals surface area (Å²) in [6.45, 7) is 8.39. The van der Waals surface area contributed by atoms with Crippen molar-refractivity contribution < 1.29 is 29.0 Å². The number of hydrogen-bond acceptors (Lipinski definition) is 6. The number of aliphatic hydroxyl groups excluding tert-OH is 1. The fraction of sp³-hybridized carbons (Fsp3) is 0.462. The Kier molecular flexibility index (Phi) is 9.47. The first kappa shape index (κ1) is 34.9. The molecular weight excluding hydrogens is 714 g/mol. The number of likely N-dealkylation sites (tertiary alicyclic amines) is 1. The Bertz CT molecular complexity index is 1790. The average Bonchev–Trinajstić information content (AvgIpc) is 3.88. The van der Waals surface area contributed by atoms with Crippen LogP contribution < -0.4 is 19.7 Å². The number of anilines is 2. The molecule has 1 N–H and O–H groups in total. The third-order valence-corrected chi connectivity index (χ3v) is 16.6. The molecule has 11 heteroatoms. The Morgan fingerprint density at radius 3 is 2.44 bits per heavy atom. The zero-order chi connectivity index (χ0) is 35.4. The topological polar surface area (TPSA) is 99.6 Å². The van der Waals surface area contributed by atoms with Crippen molar-refractivity contribution in [2.24, 2.45) is 5.92 Å². The van der Waals surface area contributed by atoms with Gasteiger partial charge in [0.2, 0.25) is 11.8 Å². The maximum atomic E-state index is 15.1. The highest BCUT2D eigenvalue weighted by Gasteiger charge is 2.66. The molecule has 9 nitrogen and oxygen atoms in total. The molecule has 264 valence electrons. The Morgan fingerprint density at radius 1 is 1.04 bits per heavy atom. The highest BCUT2D eigenvalue weighted by atomic mass is 79.9. The number of carbonyl (C=O) groups is 3. The molecule has 3 amide bonds. The quantitative estimate of drug-likeness (QED) is 0.281. The number of hydrogen-bond donors (Lipinski definition) is 1. The van der Waals surface area contributed by atoms with Gasteiger partial charge in [-0.05, 0) is 72.8 Å². The summed E-state index contributed by atoms with van der Waals surface area (Å²) in [4.78, 5) is 46.9. The molecule has 4 heterocycles. The Balaban J connectivity index is 1.26. The lowest BCUT2D eigenvalue weighted by Gasteiger charge is -2.37. The monoisotopic (exact) mass is 759 g/mol. The van der Waals surface area contributed by atoms with Gasteiger partial charge in [-0.2, -0.15) is 0 Å². The summed E-state index contributed by atoms with van der Waals surface area (Å²) in [5, 5.41) is 11.2. The van der Waals surface area contributed by atoms with Gasteiger partial charge in [0.25, 0.3) is 5.91 Å². The molecule has 3 aromatic rings. The number of halogens is 1. The van der Waals surface area contributed by atoms with E-state index in [1.807, 2.05) is 69.3 Å². The molecule has 5 atom stereocenters. The van der Waals surface area contributed by atoms with Gasteiger partial charge in [0.1, 0.15) is 5.75 Å². The van der Waals surface area contributed by atoms with Crippen LogP contribution in [0.1, 0.15) is 50.2 Å². The van der Waals surface area contributed by atoms with Gasteiger partial charge in [-0.15, -0.1) is 0 Å². The summed E-state index contributed by atoms with van der Waals surface area (Å²) in [6, 6.07) is 21.9. The van der Waals surface area contributed by atoms with Crippen molar-refractivity contribution in [2.45, 2.75) is 82.0 Å². The minimum absolute atomic E-state index is 0.0336. The summed E-state index contributed by atoms with van der Waals surface area (Å²) >= 11 is 3.68. The predicted octanol–water partition coefficient (Wildman–Crippen LogP) is 5.72. The summed E-state index contributed by atoms with van der Waals surface area (Å²) in [7, 11) is -0.778. The van der Waals surface area contributed by atoms with E-state index in [-0.39, 0.29) is 48.3 Å². The molecule has 4 aliphatic heterocycles. The van der Waals surface area contributed by atoms with E-state index in [0.29, 0.717) is 19.5 Å². The van der Waals surface area contributed by atoms with Crippen LogP contribution in [-0.2, 0) is 31.3 Å². The van der Waals surface area contributed by atoms with Crippen LogP contribution in [0, 0.1) is 5.92 Å². The number of rotatable bonds is 9. The number of ether oxygens (including phenoxy) is 2. The van der Waals surface area contributed by atoms with Crippen LogP contribution in [-0.4, -0.2) is 74.8 Å². The number of nitrogens with zero attached hydrogens (tertiary/aromatic N) is 3. The molecule has 0 radical (unpaired) electrons. The van der Waals surface area contributed by atoms with Gasteiger partial charge in [0.15, 0.2) is 5.60 Å². The molecule has 7 rings (SSSR count). The van der Waals surface area contributed by atoms with Gasteiger partial charge >= 0.3 is 0 Å². The van der Waals surface area contributed by atoms with E-state index < -0.39 is 19.8 Å². The lowest BCUT2D eigenvalue weighted by Crippen LogP contribution is -2.52. The zero-order valence-electron chi connectivity index (χ0n) is 29.2. The van der Waals surface area contributed by atoms with Crippen molar-refractivity contribution in [1.82, 2.24) is 4.90 Å². The minimum atomic E-state index is -2.43. The largest absolute Gasteiger partial charge is 0.497 e. The van der Waals surface area contributed by atoms with E-state index in [0.717, 1.165) is 58.5 Å². The first-order valence-corrected chi connectivity index (χ1v) is 21.6. The normalized spacial score (nSPS) is 26.4. The van der Waals surface area contributed by atoms with E-state index in [1.165, 1.54) is 5.19 Å². The van der Waals surface area contributed by atoms with Crippen LogP contribution in [0.15, 0.2) is 71.2 Å². The summed E-state index contributed by atoms with van der Waals surface area (Å²) in [5.74, 6) is 0.522. The maximum Gasteiger partial charge on any atom is 0.264 e. The number of amides is 3. The highest BCUT2D eigenvalue weighted by molar-refractivity contribution is 9.10. The molecule has 1 spiro atoms. The van der Waals surface area contributed by atoms with Crippen LogP contribution in [0.5, 0.6) is 5.75 Å². The lowest BCUT2D eigenvalue weighted by molar-refractivity contribution is -0.150. The van der Waals surface area contributed by atoms with E-state index >= 15 is 4.79 Å². The van der Waals surface area contributed by atoms with Crippen molar-refractivity contribution in [3.05, 3.63) is 82.3 Å². The average molecular weight is 761 g/mol. The summed E-state index contributed by atoms with van der Waals surface area (Å²) in [5.41, 5.74) is 2.08. The molecule has 0 bridgehead atoms. The van der Waals surface area contributed by atoms with Crippen molar-refractivity contribution in [3.63, 3.8) is 0 Å².